The molecule has 0 amide bonds. The van der Waals surface area contributed by atoms with Gasteiger partial charge in [-0.25, -0.2) is 0 Å². The molecule has 2 nitrogen and oxygen atoms in total. The van der Waals surface area contributed by atoms with Crippen LogP contribution in [0.1, 0.15) is 22.9 Å². The van der Waals surface area contributed by atoms with Crippen LogP contribution in [0.15, 0.2) is 77.4 Å². The van der Waals surface area contributed by atoms with Crippen molar-refractivity contribution < 1.29 is 4.42 Å². The van der Waals surface area contributed by atoms with E-state index in [-0.39, 0.29) is 6.04 Å². The summed E-state index contributed by atoms with van der Waals surface area (Å²) in [7, 11) is 0. The van der Waals surface area contributed by atoms with Gasteiger partial charge in [0.1, 0.15) is 11.8 Å². The first-order chi connectivity index (χ1) is 10.4. The SMILES string of the molecule is C#Cc1cccc(NC(c2ccccc2)c2ccco2)c1. The smallest absolute Gasteiger partial charge is 0.130 e. The van der Waals surface area contributed by atoms with Gasteiger partial charge in [-0.05, 0) is 35.9 Å². The predicted octanol–water partition coefficient (Wildman–Crippen LogP) is 4.46. The lowest BCUT2D eigenvalue weighted by molar-refractivity contribution is 0.499. The largest absolute Gasteiger partial charge is 0.467 e. The Balaban J connectivity index is 1.95. The first kappa shape index (κ1) is 13.1. The maximum atomic E-state index is 5.58. The number of nitrogens with one attached hydrogen (secondary N) is 1. The lowest BCUT2D eigenvalue weighted by Crippen LogP contribution is -2.11. The Labute approximate surface area is 124 Å². The van der Waals surface area contributed by atoms with Crippen LogP contribution in [0.4, 0.5) is 5.69 Å². The van der Waals surface area contributed by atoms with Gasteiger partial charge in [0.2, 0.25) is 0 Å². The minimum absolute atomic E-state index is 0.0470. The molecule has 2 aromatic carbocycles. The van der Waals surface area contributed by atoms with Crippen molar-refractivity contribution in [1.29, 1.82) is 0 Å². The standard InChI is InChI=1S/C19H15NO/c1-2-15-8-6-11-17(14-15)20-19(18-12-7-13-21-18)16-9-4-3-5-10-16/h1,3-14,19-20H. The van der Waals surface area contributed by atoms with Gasteiger partial charge < -0.3 is 9.73 Å². The minimum Gasteiger partial charge on any atom is -0.467 e. The van der Waals surface area contributed by atoms with E-state index in [1.165, 1.54) is 0 Å². The van der Waals surface area contributed by atoms with Crippen LogP contribution < -0.4 is 5.32 Å². The average molecular weight is 273 g/mol. The third-order valence-corrected chi connectivity index (χ3v) is 3.30. The molecule has 3 rings (SSSR count). The Kier molecular flexibility index (Phi) is 3.75. The summed E-state index contributed by atoms with van der Waals surface area (Å²) < 4.78 is 5.58. The number of rotatable bonds is 4. The quantitative estimate of drug-likeness (QED) is 0.710. The van der Waals surface area contributed by atoms with E-state index in [1.807, 2.05) is 54.6 Å². The topological polar surface area (TPSA) is 25.2 Å². The van der Waals surface area contributed by atoms with Crippen molar-refractivity contribution in [2.75, 3.05) is 5.32 Å². The fourth-order valence-electron chi connectivity index (χ4n) is 2.29. The highest BCUT2D eigenvalue weighted by Crippen LogP contribution is 2.27. The normalized spacial score (nSPS) is 11.6. The van der Waals surface area contributed by atoms with E-state index < -0.39 is 0 Å². The van der Waals surface area contributed by atoms with Gasteiger partial charge in [0.05, 0.1) is 6.26 Å². The molecule has 0 spiro atoms. The second-order valence-corrected chi connectivity index (χ2v) is 4.73. The summed E-state index contributed by atoms with van der Waals surface area (Å²) >= 11 is 0. The second kappa shape index (κ2) is 6.02. The third-order valence-electron chi connectivity index (χ3n) is 3.30. The van der Waals surface area contributed by atoms with Crippen molar-refractivity contribution >= 4 is 5.69 Å². The van der Waals surface area contributed by atoms with Crippen molar-refractivity contribution in [3.8, 4) is 12.3 Å². The zero-order chi connectivity index (χ0) is 14.5. The van der Waals surface area contributed by atoms with E-state index in [9.17, 15) is 0 Å². The lowest BCUT2D eigenvalue weighted by atomic mass is 10.0. The molecule has 0 saturated carbocycles. The molecule has 1 atom stereocenters. The number of hydrogen-bond donors (Lipinski definition) is 1. The first-order valence-corrected chi connectivity index (χ1v) is 6.78. The highest BCUT2D eigenvalue weighted by Gasteiger charge is 2.16. The minimum atomic E-state index is -0.0470. The Hall–Kier alpha value is -2.92. The van der Waals surface area contributed by atoms with Crippen LogP contribution in [-0.2, 0) is 0 Å². The monoisotopic (exact) mass is 273 g/mol. The summed E-state index contributed by atoms with van der Waals surface area (Å²) in [6.45, 7) is 0. The van der Waals surface area contributed by atoms with E-state index in [4.69, 9.17) is 10.8 Å². The van der Waals surface area contributed by atoms with E-state index in [0.29, 0.717) is 0 Å². The summed E-state index contributed by atoms with van der Waals surface area (Å²) in [6.07, 6.45) is 7.14. The zero-order valence-corrected chi connectivity index (χ0v) is 11.5. The van der Waals surface area contributed by atoms with E-state index >= 15 is 0 Å². The van der Waals surface area contributed by atoms with Gasteiger partial charge in [-0.15, -0.1) is 6.42 Å². The van der Waals surface area contributed by atoms with Gasteiger partial charge in [0.25, 0.3) is 0 Å². The maximum absolute atomic E-state index is 5.58. The third kappa shape index (κ3) is 2.98. The van der Waals surface area contributed by atoms with Gasteiger partial charge in [0.15, 0.2) is 0 Å². The Morgan fingerprint density at radius 1 is 0.952 bits per heavy atom. The molecular weight excluding hydrogens is 258 g/mol. The summed E-state index contributed by atoms with van der Waals surface area (Å²) in [5.74, 6) is 3.52. The van der Waals surface area contributed by atoms with Gasteiger partial charge >= 0.3 is 0 Å². The van der Waals surface area contributed by atoms with Crippen LogP contribution in [0.25, 0.3) is 0 Å². The Morgan fingerprint density at radius 2 is 1.81 bits per heavy atom. The molecule has 21 heavy (non-hydrogen) atoms. The van der Waals surface area contributed by atoms with Crippen molar-refractivity contribution in [3.63, 3.8) is 0 Å². The molecule has 1 N–H and O–H groups in total. The molecule has 0 radical (unpaired) electrons. The van der Waals surface area contributed by atoms with Gasteiger partial charge in [-0.3, -0.25) is 0 Å². The summed E-state index contributed by atoms with van der Waals surface area (Å²) in [6, 6.07) is 21.8. The van der Waals surface area contributed by atoms with Gasteiger partial charge in [-0.2, -0.15) is 0 Å². The number of benzene rings is 2. The van der Waals surface area contributed by atoms with Gasteiger partial charge in [-0.1, -0.05) is 42.3 Å². The summed E-state index contributed by atoms with van der Waals surface area (Å²) in [4.78, 5) is 0. The highest BCUT2D eigenvalue weighted by atomic mass is 16.3. The summed E-state index contributed by atoms with van der Waals surface area (Å²) in [5.41, 5.74) is 2.96. The zero-order valence-electron chi connectivity index (χ0n) is 11.5. The highest BCUT2D eigenvalue weighted by molar-refractivity contribution is 5.52. The Bertz CT molecular complexity index is 739. The van der Waals surface area contributed by atoms with Crippen molar-refractivity contribution in [2.45, 2.75) is 6.04 Å². The molecule has 0 saturated heterocycles. The van der Waals surface area contributed by atoms with Crippen LogP contribution in [0.3, 0.4) is 0 Å². The van der Waals surface area contributed by atoms with Gasteiger partial charge in [0, 0.05) is 11.3 Å². The van der Waals surface area contributed by atoms with Crippen LogP contribution in [0, 0.1) is 12.3 Å². The molecule has 0 fully saturated rings. The van der Waals surface area contributed by atoms with Crippen LogP contribution >= 0.6 is 0 Å². The first-order valence-electron chi connectivity index (χ1n) is 6.78. The van der Waals surface area contributed by atoms with Crippen LogP contribution in [0.2, 0.25) is 0 Å². The molecule has 1 heterocycles. The predicted molar refractivity (Wildman–Crippen MR) is 85.0 cm³/mol. The molecule has 3 aromatic rings. The molecule has 0 aliphatic carbocycles. The maximum Gasteiger partial charge on any atom is 0.130 e. The molecular formula is C19H15NO. The van der Waals surface area contributed by atoms with Crippen LogP contribution in [0.5, 0.6) is 0 Å². The average Bonchev–Trinajstić information content (AvgIpc) is 3.08. The van der Waals surface area contributed by atoms with E-state index in [2.05, 4.69) is 23.4 Å². The molecule has 1 unspecified atom stereocenters. The molecule has 1 aromatic heterocycles. The molecule has 0 aliphatic rings. The lowest BCUT2D eigenvalue weighted by Gasteiger charge is -2.18. The molecule has 0 aliphatic heterocycles. The molecule has 2 heteroatoms. The van der Waals surface area contributed by atoms with Crippen molar-refractivity contribution in [1.82, 2.24) is 0 Å². The Morgan fingerprint density at radius 3 is 2.52 bits per heavy atom. The number of furan rings is 1. The van der Waals surface area contributed by atoms with Crippen LogP contribution in [-0.4, -0.2) is 0 Å². The fourth-order valence-corrected chi connectivity index (χ4v) is 2.29. The number of hydrogen-bond acceptors (Lipinski definition) is 2. The van der Waals surface area contributed by atoms with Crippen molar-refractivity contribution in [3.05, 3.63) is 89.9 Å². The number of terminal acetylenes is 1. The fraction of sp³-hybridized carbons (Fsp3) is 0.0526. The molecule has 102 valence electrons. The van der Waals surface area contributed by atoms with E-state index in [0.717, 1.165) is 22.6 Å². The van der Waals surface area contributed by atoms with E-state index in [1.54, 1.807) is 6.26 Å². The van der Waals surface area contributed by atoms with Crippen molar-refractivity contribution in [2.24, 2.45) is 0 Å². The number of anilines is 1. The summed E-state index contributed by atoms with van der Waals surface area (Å²) in [5, 5.41) is 3.48. The molecule has 0 bridgehead atoms. The second-order valence-electron chi connectivity index (χ2n) is 4.73.